The number of nitrogens with one attached hydrogen (secondary N) is 1. The summed E-state index contributed by atoms with van der Waals surface area (Å²) in [6.07, 6.45) is 7.98. The zero-order valence-corrected chi connectivity index (χ0v) is 20.4. The summed E-state index contributed by atoms with van der Waals surface area (Å²) < 4.78 is 20.7. The molecule has 0 amide bonds. The van der Waals surface area contributed by atoms with Crippen LogP contribution in [0.15, 0.2) is 36.7 Å². The predicted octanol–water partition coefficient (Wildman–Crippen LogP) is 3.69. The van der Waals surface area contributed by atoms with E-state index >= 15 is 4.39 Å². The summed E-state index contributed by atoms with van der Waals surface area (Å²) >= 11 is 0. The molecule has 3 fully saturated rings. The molecule has 188 valence electrons. The summed E-state index contributed by atoms with van der Waals surface area (Å²) in [5.41, 5.74) is 2.45. The lowest BCUT2D eigenvalue weighted by Gasteiger charge is -2.52. The van der Waals surface area contributed by atoms with Gasteiger partial charge in [-0.2, -0.15) is 5.10 Å². The van der Waals surface area contributed by atoms with Gasteiger partial charge < -0.3 is 20.1 Å². The van der Waals surface area contributed by atoms with Crippen molar-refractivity contribution in [1.29, 1.82) is 0 Å². The molecule has 2 aliphatic heterocycles. The van der Waals surface area contributed by atoms with Crippen molar-refractivity contribution in [3.63, 3.8) is 0 Å². The van der Waals surface area contributed by atoms with Gasteiger partial charge in [0.05, 0.1) is 25.5 Å². The minimum atomic E-state index is -0.972. The zero-order valence-electron chi connectivity index (χ0n) is 20.4. The number of rotatable bonds is 6. The van der Waals surface area contributed by atoms with Crippen molar-refractivity contribution in [2.45, 2.75) is 75.3 Å². The fraction of sp³-hybridized carbons (Fsp3) is 0.500. The first-order valence-corrected chi connectivity index (χ1v) is 12.5. The Labute approximate surface area is 209 Å². The lowest BCUT2D eigenvalue weighted by molar-refractivity contribution is 0.0582. The zero-order chi connectivity index (χ0) is 24.9. The molecule has 2 N–H and O–H groups in total. The fourth-order valence-electron chi connectivity index (χ4n) is 5.78. The van der Waals surface area contributed by atoms with E-state index in [9.17, 15) is 5.11 Å². The molecule has 2 bridgehead atoms. The molecule has 4 atom stereocenters. The van der Waals surface area contributed by atoms with Crippen molar-refractivity contribution in [2.75, 3.05) is 12.0 Å². The van der Waals surface area contributed by atoms with Crippen LogP contribution in [0.1, 0.15) is 45.4 Å². The van der Waals surface area contributed by atoms with E-state index in [0.29, 0.717) is 23.1 Å². The van der Waals surface area contributed by atoms with E-state index in [0.717, 1.165) is 49.7 Å². The highest BCUT2D eigenvalue weighted by molar-refractivity contribution is 5.74. The molecule has 0 spiro atoms. The quantitative estimate of drug-likeness (QED) is 0.533. The number of methoxy groups -OCH3 is 1. The van der Waals surface area contributed by atoms with Crippen LogP contribution in [0.4, 0.5) is 10.3 Å². The number of alkyl halides is 1. The predicted molar refractivity (Wildman–Crippen MR) is 132 cm³/mol. The van der Waals surface area contributed by atoms with Crippen LogP contribution >= 0.6 is 0 Å². The minimum absolute atomic E-state index is 0.0501. The number of phenols is 1. The normalized spacial score (nSPS) is 27.5. The number of hydrogen-bond donors (Lipinski definition) is 2. The summed E-state index contributed by atoms with van der Waals surface area (Å²) in [5.74, 6) is 0.904. The van der Waals surface area contributed by atoms with Crippen LogP contribution in [0.3, 0.4) is 0 Å². The highest BCUT2D eigenvalue weighted by atomic mass is 19.1. The second kappa shape index (κ2) is 8.92. The summed E-state index contributed by atoms with van der Waals surface area (Å²) in [7, 11) is 1.53. The Morgan fingerprint density at radius 1 is 1.11 bits per heavy atom. The van der Waals surface area contributed by atoms with Crippen molar-refractivity contribution >= 4 is 5.95 Å². The Bertz CT molecular complexity index is 1260. The van der Waals surface area contributed by atoms with Crippen molar-refractivity contribution in [3.05, 3.63) is 36.7 Å². The lowest BCUT2D eigenvalue weighted by atomic mass is 9.74. The molecule has 1 aromatic carbocycles. The van der Waals surface area contributed by atoms with Crippen LogP contribution in [0.2, 0.25) is 0 Å². The largest absolute Gasteiger partial charge is 0.507 e. The number of halogens is 1. The molecule has 0 unspecified atom stereocenters. The molecule has 9 nitrogen and oxygen atoms in total. The third-order valence-corrected chi connectivity index (χ3v) is 7.72. The number of piperidine rings is 2. The number of ether oxygens (including phenoxy) is 1. The molecule has 2 saturated heterocycles. The Balaban J connectivity index is 1.26. The second-order valence-electron chi connectivity index (χ2n) is 10.4. The number of phenolic OH excluding ortho intramolecular Hbond substituents is 1. The summed E-state index contributed by atoms with van der Waals surface area (Å²) in [5, 5.41) is 30.9. The SMILES string of the molecule is COc1cc(-c2ccc(-c3cnc(N(C4CC4)[C@H]4C[C@]5(C)CCC[C@H](N5)[C@H]4F)nn3)c(O)c2)cnn1. The van der Waals surface area contributed by atoms with Crippen molar-refractivity contribution in [1.82, 2.24) is 30.7 Å². The summed E-state index contributed by atoms with van der Waals surface area (Å²) in [6.45, 7) is 2.20. The van der Waals surface area contributed by atoms with Gasteiger partial charge in [0, 0.05) is 34.8 Å². The maximum atomic E-state index is 15.6. The molecule has 4 heterocycles. The van der Waals surface area contributed by atoms with Gasteiger partial charge in [-0.15, -0.1) is 15.3 Å². The number of fused-ring (bicyclic) bond motifs is 2. The maximum absolute atomic E-state index is 15.6. The number of anilines is 1. The minimum Gasteiger partial charge on any atom is -0.507 e. The third-order valence-electron chi connectivity index (χ3n) is 7.72. The van der Waals surface area contributed by atoms with Gasteiger partial charge in [-0.25, -0.2) is 9.37 Å². The lowest BCUT2D eigenvalue weighted by Crippen LogP contribution is -2.67. The van der Waals surface area contributed by atoms with E-state index in [4.69, 9.17) is 4.74 Å². The van der Waals surface area contributed by atoms with Gasteiger partial charge >= 0.3 is 0 Å². The van der Waals surface area contributed by atoms with E-state index in [-0.39, 0.29) is 29.4 Å². The summed E-state index contributed by atoms with van der Waals surface area (Å²) in [4.78, 5) is 6.68. The first-order valence-electron chi connectivity index (χ1n) is 12.5. The van der Waals surface area contributed by atoms with E-state index in [1.165, 1.54) is 7.11 Å². The van der Waals surface area contributed by atoms with E-state index in [1.807, 2.05) is 6.07 Å². The first kappa shape index (κ1) is 23.0. The van der Waals surface area contributed by atoms with Gasteiger partial charge in [0.2, 0.25) is 11.8 Å². The van der Waals surface area contributed by atoms with Crippen LogP contribution in [0, 0.1) is 0 Å². The molecule has 1 aliphatic carbocycles. The topological polar surface area (TPSA) is 109 Å². The molecule has 6 rings (SSSR count). The molecule has 2 aromatic heterocycles. The number of aromatic nitrogens is 5. The van der Waals surface area contributed by atoms with Gasteiger partial charge in [-0.1, -0.05) is 6.07 Å². The number of benzene rings is 1. The van der Waals surface area contributed by atoms with Crippen molar-refractivity contribution in [2.24, 2.45) is 0 Å². The highest BCUT2D eigenvalue weighted by Crippen LogP contribution is 2.42. The van der Waals surface area contributed by atoms with Gasteiger partial charge in [0.25, 0.3) is 0 Å². The fourth-order valence-corrected chi connectivity index (χ4v) is 5.78. The Kier molecular flexibility index (Phi) is 5.70. The van der Waals surface area contributed by atoms with Crippen LogP contribution < -0.4 is 15.0 Å². The van der Waals surface area contributed by atoms with Crippen LogP contribution in [-0.4, -0.2) is 67.4 Å². The van der Waals surface area contributed by atoms with Crippen LogP contribution in [0.25, 0.3) is 22.4 Å². The standard InChI is InChI=1S/C26H30FN7O2/c1-26-9-3-4-19(30-26)24(27)21(12-26)34(17-6-7-17)25-28-14-20(31-33-25)18-8-5-15(10-22(18)35)16-11-23(36-2)32-29-13-16/h5,8,10-11,13-14,17,19,21,24,30,35H,3-4,6-7,9,12H2,1-2H3/t19-,21-,24+,26-/m0/s1. The molecule has 3 aliphatic rings. The average Bonchev–Trinajstić information content (AvgIpc) is 3.73. The molecule has 1 saturated carbocycles. The van der Waals surface area contributed by atoms with Gasteiger partial charge in [-0.05, 0) is 63.1 Å². The molecule has 0 radical (unpaired) electrons. The smallest absolute Gasteiger partial charge is 0.245 e. The third kappa shape index (κ3) is 4.23. The second-order valence-corrected chi connectivity index (χ2v) is 10.4. The van der Waals surface area contributed by atoms with E-state index < -0.39 is 6.17 Å². The molecular formula is C26H30FN7O2. The van der Waals surface area contributed by atoms with Gasteiger partial charge in [0.1, 0.15) is 17.6 Å². The number of nitrogens with zero attached hydrogens (tertiary/aromatic N) is 6. The van der Waals surface area contributed by atoms with Crippen molar-refractivity contribution < 1.29 is 14.2 Å². The van der Waals surface area contributed by atoms with E-state index in [1.54, 1.807) is 30.6 Å². The van der Waals surface area contributed by atoms with E-state index in [2.05, 4.69) is 42.5 Å². The van der Waals surface area contributed by atoms with Crippen molar-refractivity contribution in [3.8, 4) is 34.0 Å². The summed E-state index contributed by atoms with van der Waals surface area (Å²) in [6, 6.07) is 6.88. The van der Waals surface area contributed by atoms with Crippen LogP contribution in [-0.2, 0) is 0 Å². The molecule has 36 heavy (non-hydrogen) atoms. The monoisotopic (exact) mass is 491 g/mol. The molecular weight excluding hydrogens is 461 g/mol. The maximum Gasteiger partial charge on any atom is 0.245 e. The van der Waals surface area contributed by atoms with Crippen LogP contribution in [0.5, 0.6) is 11.6 Å². The molecule has 10 heteroatoms. The number of hydrogen-bond acceptors (Lipinski definition) is 9. The Hall–Kier alpha value is -3.40. The van der Waals surface area contributed by atoms with Gasteiger partial charge in [0.15, 0.2) is 0 Å². The molecule has 3 aromatic rings. The Morgan fingerprint density at radius 3 is 2.69 bits per heavy atom. The van der Waals surface area contributed by atoms with Gasteiger partial charge in [-0.3, -0.25) is 0 Å². The average molecular weight is 492 g/mol. The number of aromatic hydroxyl groups is 1. The first-order chi connectivity index (χ1) is 17.4. The Morgan fingerprint density at radius 2 is 1.97 bits per heavy atom. The highest BCUT2D eigenvalue weighted by Gasteiger charge is 2.50.